The Hall–Kier alpha value is -1.78. The maximum Gasteiger partial charge on any atom is 0.315 e. The number of urea groups is 1. The molecule has 0 saturated heterocycles. The van der Waals surface area contributed by atoms with Crippen molar-refractivity contribution in [3.63, 3.8) is 0 Å². The Balaban J connectivity index is 1.91. The number of nitrogens with one attached hydrogen (secondary N) is 2. The molecule has 4 nitrogen and oxygen atoms in total. The van der Waals surface area contributed by atoms with Gasteiger partial charge in [-0.05, 0) is 37.5 Å². The van der Waals surface area contributed by atoms with E-state index in [2.05, 4.69) is 10.6 Å². The Labute approximate surface area is 118 Å². The summed E-state index contributed by atoms with van der Waals surface area (Å²) in [4.78, 5) is 11.9. The fourth-order valence-corrected chi connectivity index (χ4v) is 2.53. The molecule has 1 saturated carbocycles. The molecule has 0 spiro atoms. The SMILES string of the molecule is COc1ccc(C(C)NC(=O)NC2CCCC2)cc1F. The lowest BCUT2D eigenvalue weighted by molar-refractivity contribution is 0.234. The molecule has 0 radical (unpaired) electrons. The van der Waals surface area contributed by atoms with Crippen molar-refractivity contribution in [1.82, 2.24) is 10.6 Å². The molecular formula is C15H21FN2O2. The molecule has 2 rings (SSSR count). The largest absolute Gasteiger partial charge is 0.494 e. The normalized spacial score (nSPS) is 16.8. The Bertz CT molecular complexity index is 473. The highest BCUT2D eigenvalue weighted by molar-refractivity contribution is 5.74. The second-order valence-electron chi connectivity index (χ2n) is 5.21. The van der Waals surface area contributed by atoms with Gasteiger partial charge in [0, 0.05) is 6.04 Å². The highest BCUT2D eigenvalue weighted by atomic mass is 19.1. The first-order valence-electron chi connectivity index (χ1n) is 7.00. The monoisotopic (exact) mass is 280 g/mol. The molecule has 0 aromatic heterocycles. The van der Waals surface area contributed by atoms with Gasteiger partial charge in [0.25, 0.3) is 0 Å². The predicted molar refractivity (Wildman–Crippen MR) is 75.3 cm³/mol. The minimum atomic E-state index is -0.421. The van der Waals surface area contributed by atoms with Gasteiger partial charge in [0.15, 0.2) is 11.6 Å². The summed E-state index contributed by atoms with van der Waals surface area (Å²) in [5.74, 6) is -0.216. The first kappa shape index (κ1) is 14.6. The number of amides is 2. The van der Waals surface area contributed by atoms with E-state index >= 15 is 0 Å². The van der Waals surface area contributed by atoms with Crippen LogP contribution in [0.15, 0.2) is 18.2 Å². The van der Waals surface area contributed by atoms with Crippen LogP contribution >= 0.6 is 0 Å². The van der Waals surface area contributed by atoms with Gasteiger partial charge in [-0.25, -0.2) is 9.18 Å². The zero-order chi connectivity index (χ0) is 14.5. The number of benzene rings is 1. The molecule has 2 N–H and O–H groups in total. The van der Waals surface area contributed by atoms with Crippen LogP contribution in [0.3, 0.4) is 0 Å². The number of methoxy groups -OCH3 is 1. The molecule has 2 amide bonds. The first-order valence-corrected chi connectivity index (χ1v) is 7.00. The molecule has 1 aromatic rings. The van der Waals surface area contributed by atoms with E-state index in [-0.39, 0.29) is 23.9 Å². The summed E-state index contributed by atoms with van der Waals surface area (Å²) in [7, 11) is 1.43. The molecule has 5 heteroatoms. The number of hydrogen-bond donors (Lipinski definition) is 2. The number of carbonyl (C=O) groups is 1. The molecular weight excluding hydrogens is 259 g/mol. The van der Waals surface area contributed by atoms with E-state index in [9.17, 15) is 9.18 Å². The van der Waals surface area contributed by atoms with Crippen LogP contribution in [-0.4, -0.2) is 19.2 Å². The van der Waals surface area contributed by atoms with Crippen LogP contribution in [0.25, 0.3) is 0 Å². The summed E-state index contributed by atoms with van der Waals surface area (Å²) >= 11 is 0. The van der Waals surface area contributed by atoms with Gasteiger partial charge in [-0.2, -0.15) is 0 Å². The summed E-state index contributed by atoms with van der Waals surface area (Å²) < 4.78 is 18.5. The Morgan fingerprint density at radius 2 is 2.10 bits per heavy atom. The Kier molecular flexibility index (Phi) is 4.82. The lowest BCUT2D eigenvalue weighted by Crippen LogP contribution is -2.41. The zero-order valence-electron chi connectivity index (χ0n) is 11.9. The molecule has 0 bridgehead atoms. The quantitative estimate of drug-likeness (QED) is 0.890. The Morgan fingerprint density at radius 1 is 1.40 bits per heavy atom. The van der Waals surface area contributed by atoms with Crippen molar-refractivity contribution >= 4 is 6.03 Å². The van der Waals surface area contributed by atoms with Gasteiger partial charge in [-0.1, -0.05) is 18.9 Å². The molecule has 1 aliphatic carbocycles. The fourth-order valence-electron chi connectivity index (χ4n) is 2.53. The van der Waals surface area contributed by atoms with Crippen LogP contribution in [-0.2, 0) is 0 Å². The summed E-state index contributed by atoms with van der Waals surface area (Å²) in [6.07, 6.45) is 4.42. The van der Waals surface area contributed by atoms with Gasteiger partial charge in [-0.15, -0.1) is 0 Å². The van der Waals surface area contributed by atoms with E-state index in [0.717, 1.165) is 12.8 Å². The van der Waals surface area contributed by atoms with E-state index in [4.69, 9.17) is 4.74 Å². The van der Waals surface area contributed by atoms with Crippen LogP contribution in [0.2, 0.25) is 0 Å². The topological polar surface area (TPSA) is 50.4 Å². The molecule has 110 valence electrons. The number of rotatable bonds is 4. The van der Waals surface area contributed by atoms with Crippen molar-refractivity contribution in [2.45, 2.75) is 44.7 Å². The molecule has 20 heavy (non-hydrogen) atoms. The smallest absolute Gasteiger partial charge is 0.315 e. The van der Waals surface area contributed by atoms with Crippen molar-refractivity contribution in [2.75, 3.05) is 7.11 Å². The summed E-state index contributed by atoms with van der Waals surface area (Å²) in [5.41, 5.74) is 0.713. The second kappa shape index (κ2) is 6.59. The minimum Gasteiger partial charge on any atom is -0.494 e. The summed E-state index contributed by atoms with van der Waals surface area (Å²) in [6.45, 7) is 1.83. The van der Waals surface area contributed by atoms with Crippen molar-refractivity contribution in [1.29, 1.82) is 0 Å². The van der Waals surface area contributed by atoms with Crippen LogP contribution in [0, 0.1) is 5.82 Å². The number of hydrogen-bond acceptors (Lipinski definition) is 2. The van der Waals surface area contributed by atoms with Crippen molar-refractivity contribution < 1.29 is 13.9 Å². The zero-order valence-corrected chi connectivity index (χ0v) is 11.9. The highest BCUT2D eigenvalue weighted by Gasteiger charge is 2.18. The number of ether oxygens (including phenoxy) is 1. The average molecular weight is 280 g/mol. The number of halogens is 1. The third-order valence-electron chi connectivity index (χ3n) is 3.71. The number of carbonyl (C=O) groups excluding carboxylic acids is 1. The van der Waals surface area contributed by atoms with Gasteiger partial charge in [0.1, 0.15) is 0 Å². The second-order valence-corrected chi connectivity index (χ2v) is 5.21. The summed E-state index contributed by atoms with van der Waals surface area (Å²) in [5, 5.41) is 5.78. The van der Waals surface area contributed by atoms with Gasteiger partial charge >= 0.3 is 6.03 Å². The molecule has 1 unspecified atom stereocenters. The van der Waals surface area contributed by atoms with Gasteiger partial charge in [0.05, 0.1) is 13.2 Å². The van der Waals surface area contributed by atoms with E-state index in [1.807, 2.05) is 6.92 Å². The van der Waals surface area contributed by atoms with Crippen LogP contribution in [0.4, 0.5) is 9.18 Å². The van der Waals surface area contributed by atoms with Crippen LogP contribution < -0.4 is 15.4 Å². The Morgan fingerprint density at radius 3 is 2.70 bits per heavy atom. The van der Waals surface area contributed by atoms with Gasteiger partial charge in [-0.3, -0.25) is 0 Å². The van der Waals surface area contributed by atoms with E-state index in [1.54, 1.807) is 12.1 Å². The molecule has 1 aliphatic rings. The predicted octanol–water partition coefficient (Wildman–Crippen LogP) is 3.14. The van der Waals surface area contributed by atoms with E-state index in [0.29, 0.717) is 5.56 Å². The molecule has 0 heterocycles. The van der Waals surface area contributed by atoms with Crippen molar-refractivity contribution in [3.05, 3.63) is 29.6 Å². The maximum absolute atomic E-state index is 13.6. The van der Waals surface area contributed by atoms with E-state index < -0.39 is 5.82 Å². The van der Waals surface area contributed by atoms with Gasteiger partial charge < -0.3 is 15.4 Å². The third kappa shape index (κ3) is 3.62. The molecule has 1 atom stereocenters. The lowest BCUT2D eigenvalue weighted by atomic mass is 10.1. The minimum absolute atomic E-state index is 0.194. The highest BCUT2D eigenvalue weighted by Crippen LogP contribution is 2.22. The summed E-state index contributed by atoms with van der Waals surface area (Å²) in [6, 6.07) is 4.53. The van der Waals surface area contributed by atoms with Crippen LogP contribution in [0.5, 0.6) is 5.75 Å². The standard InChI is InChI=1S/C15H21FN2O2/c1-10(11-7-8-14(20-2)13(16)9-11)17-15(19)18-12-5-3-4-6-12/h7-10,12H,3-6H2,1-2H3,(H2,17,18,19). The average Bonchev–Trinajstić information content (AvgIpc) is 2.91. The third-order valence-corrected chi connectivity index (χ3v) is 3.71. The van der Waals surface area contributed by atoms with Gasteiger partial charge in [0.2, 0.25) is 0 Å². The van der Waals surface area contributed by atoms with Crippen molar-refractivity contribution in [3.8, 4) is 5.75 Å². The lowest BCUT2D eigenvalue weighted by Gasteiger charge is -2.18. The van der Waals surface area contributed by atoms with Crippen molar-refractivity contribution in [2.24, 2.45) is 0 Å². The molecule has 0 aliphatic heterocycles. The van der Waals surface area contributed by atoms with Crippen LogP contribution in [0.1, 0.15) is 44.2 Å². The maximum atomic E-state index is 13.6. The van der Waals surface area contributed by atoms with E-state index in [1.165, 1.54) is 26.0 Å². The molecule has 1 fully saturated rings. The fraction of sp³-hybridized carbons (Fsp3) is 0.533. The molecule has 1 aromatic carbocycles. The first-order chi connectivity index (χ1) is 9.60.